The van der Waals surface area contributed by atoms with Crippen molar-refractivity contribution in [2.24, 2.45) is 0 Å². The topological polar surface area (TPSA) is 76.2 Å². The van der Waals surface area contributed by atoms with Gasteiger partial charge in [0.05, 0.1) is 21.7 Å². The van der Waals surface area contributed by atoms with Gasteiger partial charge in [-0.25, -0.2) is 0 Å². The summed E-state index contributed by atoms with van der Waals surface area (Å²) in [5.41, 5.74) is 0.734. The smallest absolute Gasteiger partial charge is 0.294 e. The first-order chi connectivity index (χ1) is 13.9. The van der Waals surface area contributed by atoms with Crippen LogP contribution in [0.5, 0.6) is 11.5 Å². The molecule has 1 aromatic carbocycles. The van der Waals surface area contributed by atoms with E-state index in [1.54, 1.807) is 17.0 Å². The highest BCUT2D eigenvalue weighted by Crippen LogP contribution is 2.37. The van der Waals surface area contributed by atoms with Gasteiger partial charge in [0, 0.05) is 13.1 Å². The first-order valence-electron chi connectivity index (χ1n) is 9.56. The van der Waals surface area contributed by atoms with Crippen molar-refractivity contribution in [2.45, 2.75) is 26.7 Å². The summed E-state index contributed by atoms with van der Waals surface area (Å²) in [6.07, 6.45) is 3.59. The van der Waals surface area contributed by atoms with Crippen molar-refractivity contribution in [1.29, 1.82) is 0 Å². The number of hydrogen-bond donors (Lipinski definition) is 0. The zero-order valence-corrected chi connectivity index (χ0v) is 19.4. The van der Waals surface area contributed by atoms with E-state index in [1.165, 1.54) is 0 Å². The Balaban J connectivity index is 1.80. The average Bonchev–Trinajstić information content (AvgIpc) is 3.30. The molecule has 2 saturated heterocycles. The van der Waals surface area contributed by atoms with Crippen molar-refractivity contribution in [3.8, 4) is 11.5 Å². The number of nitrogens with zero attached hydrogens (tertiary/aromatic N) is 2. The predicted molar refractivity (Wildman–Crippen MR) is 120 cm³/mol. The Morgan fingerprint density at radius 2 is 1.86 bits per heavy atom. The Bertz CT molecular complexity index is 852. The summed E-state index contributed by atoms with van der Waals surface area (Å²) in [5, 5.41) is -0.417. The van der Waals surface area contributed by atoms with Crippen molar-refractivity contribution < 1.29 is 23.9 Å². The largest absolute Gasteiger partial charge is 0.490 e. The molecule has 0 aromatic heterocycles. The average molecular weight is 530 g/mol. The number of carbonyl (C=O) groups excluding carboxylic acids is 3. The SMILES string of the molecule is CCOc1cc(/C=C2\SC(=O)N(CC(=O)N3CCCC3)C2=O)cc(I)c1OCC. The molecule has 1 aromatic rings. The van der Waals surface area contributed by atoms with E-state index >= 15 is 0 Å². The molecule has 0 saturated carbocycles. The van der Waals surface area contributed by atoms with Crippen LogP contribution >= 0.6 is 34.4 Å². The summed E-state index contributed by atoms with van der Waals surface area (Å²) in [5.74, 6) is 0.641. The lowest BCUT2D eigenvalue weighted by atomic mass is 10.2. The van der Waals surface area contributed by atoms with Crippen LogP contribution in [0.4, 0.5) is 4.79 Å². The molecule has 3 rings (SSSR count). The zero-order valence-electron chi connectivity index (χ0n) is 16.4. The highest BCUT2D eigenvalue weighted by Gasteiger charge is 2.37. The zero-order chi connectivity index (χ0) is 21.0. The molecule has 0 spiro atoms. The minimum absolute atomic E-state index is 0.180. The normalized spacial score (nSPS) is 18.1. The van der Waals surface area contributed by atoms with Gasteiger partial charge in [-0.1, -0.05) is 0 Å². The van der Waals surface area contributed by atoms with Gasteiger partial charge in [0.25, 0.3) is 11.1 Å². The maximum atomic E-state index is 12.7. The lowest BCUT2D eigenvalue weighted by molar-refractivity contribution is -0.135. The van der Waals surface area contributed by atoms with E-state index in [4.69, 9.17) is 9.47 Å². The van der Waals surface area contributed by atoms with Gasteiger partial charge in [-0.3, -0.25) is 19.3 Å². The van der Waals surface area contributed by atoms with Gasteiger partial charge in [0.2, 0.25) is 5.91 Å². The highest BCUT2D eigenvalue weighted by atomic mass is 127. The van der Waals surface area contributed by atoms with Crippen molar-refractivity contribution >= 4 is 57.5 Å². The minimum atomic E-state index is -0.436. The molecule has 9 heteroatoms. The fraction of sp³-hybridized carbons (Fsp3) is 0.450. The standard InChI is InChI=1S/C20H23IN2O5S/c1-3-27-15-10-13(9-14(21)18(15)28-4-2)11-16-19(25)23(20(26)29-16)12-17(24)22-7-5-6-8-22/h9-11H,3-8,12H2,1-2H3/b16-11-. The number of thioether (sulfide) groups is 1. The van der Waals surface area contributed by atoms with E-state index in [2.05, 4.69) is 22.6 Å². The molecular formula is C20H23IN2O5S. The van der Waals surface area contributed by atoms with Crippen LogP contribution in [-0.2, 0) is 9.59 Å². The second-order valence-electron chi connectivity index (χ2n) is 6.55. The molecule has 0 atom stereocenters. The third-order valence-corrected chi connectivity index (χ3v) is 6.25. The maximum Gasteiger partial charge on any atom is 0.294 e. The summed E-state index contributed by atoms with van der Waals surface area (Å²) in [7, 11) is 0. The van der Waals surface area contributed by atoms with Crippen LogP contribution in [0.3, 0.4) is 0 Å². The van der Waals surface area contributed by atoms with Crippen LogP contribution in [-0.4, -0.2) is 59.7 Å². The molecule has 0 N–H and O–H groups in total. The lowest BCUT2D eigenvalue weighted by Crippen LogP contribution is -2.40. The van der Waals surface area contributed by atoms with Gasteiger partial charge < -0.3 is 14.4 Å². The van der Waals surface area contributed by atoms with Crippen LogP contribution in [0.1, 0.15) is 32.3 Å². The summed E-state index contributed by atoms with van der Waals surface area (Å²) < 4.78 is 12.2. The third-order valence-electron chi connectivity index (χ3n) is 4.54. The number of likely N-dealkylation sites (tertiary alicyclic amines) is 1. The van der Waals surface area contributed by atoms with Crippen molar-refractivity contribution in [2.75, 3.05) is 32.8 Å². The first-order valence-corrected chi connectivity index (χ1v) is 11.5. The van der Waals surface area contributed by atoms with Gasteiger partial charge in [-0.05, 0) is 84.8 Å². The number of imide groups is 1. The molecule has 3 amide bonds. The van der Waals surface area contributed by atoms with Crippen LogP contribution in [0, 0.1) is 3.57 Å². The molecule has 2 aliphatic heterocycles. The number of ether oxygens (including phenoxy) is 2. The molecule has 156 valence electrons. The van der Waals surface area contributed by atoms with Crippen LogP contribution in [0.25, 0.3) is 6.08 Å². The second kappa shape index (κ2) is 9.84. The fourth-order valence-electron chi connectivity index (χ4n) is 3.21. The summed E-state index contributed by atoms with van der Waals surface area (Å²) >= 11 is 3.01. The Morgan fingerprint density at radius 1 is 1.17 bits per heavy atom. The van der Waals surface area contributed by atoms with E-state index in [1.807, 2.05) is 19.9 Å². The molecule has 0 aliphatic carbocycles. The second-order valence-corrected chi connectivity index (χ2v) is 8.71. The van der Waals surface area contributed by atoms with E-state index in [-0.39, 0.29) is 12.5 Å². The van der Waals surface area contributed by atoms with Gasteiger partial charge in [-0.2, -0.15) is 0 Å². The van der Waals surface area contributed by atoms with Crippen molar-refractivity contribution in [3.63, 3.8) is 0 Å². The Morgan fingerprint density at radius 3 is 2.52 bits per heavy atom. The Labute approximate surface area is 187 Å². The molecular weight excluding hydrogens is 507 g/mol. The van der Waals surface area contributed by atoms with Crippen molar-refractivity contribution in [3.05, 3.63) is 26.2 Å². The molecule has 0 bridgehead atoms. The summed E-state index contributed by atoms with van der Waals surface area (Å²) in [6.45, 7) is 5.96. The van der Waals surface area contributed by atoms with Gasteiger partial charge in [0.1, 0.15) is 6.54 Å². The molecule has 0 radical (unpaired) electrons. The fourth-order valence-corrected chi connectivity index (χ4v) is 4.83. The molecule has 2 fully saturated rings. The van der Waals surface area contributed by atoms with E-state index < -0.39 is 11.1 Å². The van der Waals surface area contributed by atoms with Gasteiger partial charge in [0.15, 0.2) is 11.5 Å². The monoisotopic (exact) mass is 530 g/mol. The Kier molecular flexibility index (Phi) is 7.44. The van der Waals surface area contributed by atoms with Gasteiger partial charge >= 0.3 is 0 Å². The predicted octanol–water partition coefficient (Wildman–Crippen LogP) is 3.75. The molecule has 29 heavy (non-hydrogen) atoms. The maximum absolute atomic E-state index is 12.7. The highest BCUT2D eigenvalue weighted by molar-refractivity contribution is 14.1. The number of carbonyl (C=O) groups is 3. The quantitative estimate of drug-likeness (QED) is 0.395. The minimum Gasteiger partial charge on any atom is -0.490 e. The number of benzene rings is 1. The lowest BCUT2D eigenvalue weighted by Gasteiger charge is -2.18. The van der Waals surface area contributed by atoms with Gasteiger partial charge in [-0.15, -0.1) is 0 Å². The third kappa shape index (κ3) is 5.06. The number of hydrogen-bond acceptors (Lipinski definition) is 6. The summed E-state index contributed by atoms with van der Waals surface area (Å²) in [4.78, 5) is 40.4. The Hall–Kier alpha value is -1.75. The molecule has 7 nitrogen and oxygen atoms in total. The molecule has 2 heterocycles. The van der Waals surface area contributed by atoms with Crippen LogP contribution in [0.2, 0.25) is 0 Å². The van der Waals surface area contributed by atoms with Crippen LogP contribution < -0.4 is 9.47 Å². The molecule has 2 aliphatic rings. The van der Waals surface area contributed by atoms with E-state index in [0.29, 0.717) is 42.7 Å². The van der Waals surface area contributed by atoms with Crippen LogP contribution in [0.15, 0.2) is 17.0 Å². The number of amides is 3. The van der Waals surface area contributed by atoms with Crippen molar-refractivity contribution in [1.82, 2.24) is 9.80 Å². The van der Waals surface area contributed by atoms with E-state index in [0.717, 1.165) is 38.6 Å². The first kappa shape index (κ1) is 21.9. The summed E-state index contributed by atoms with van der Waals surface area (Å²) in [6, 6.07) is 3.66. The molecule has 0 unspecified atom stereocenters. The van der Waals surface area contributed by atoms with E-state index in [9.17, 15) is 14.4 Å². The number of halogens is 1. The number of rotatable bonds is 7.